The van der Waals surface area contributed by atoms with E-state index in [1.165, 1.54) is 30.3 Å². The van der Waals surface area contributed by atoms with Gasteiger partial charge in [0.1, 0.15) is 11.5 Å². The summed E-state index contributed by atoms with van der Waals surface area (Å²) in [7, 11) is -3.81. The molecule has 0 fully saturated rings. The molecule has 8 nitrogen and oxygen atoms in total. The molecule has 1 aromatic heterocycles. The SMILES string of the molecule is Cc1ccc(C)c(OCC(=O)Nc2ccc(S(=O)(=O)Nc3cc(C)on3)cc2)c1. The summed E-state index contributed by atoms with van der Waals surface area (Å²) in [5.41, 5.74) is 2.43. The van der Waals surface area contributed by atoms with Gasteiger partial charge in [0.05, 0.1) is 4.90 Å². The van der Waals surface area contributed by atoms with Crippen molar-refractivity contribution in [2.24, 2.45) is 0 Å². The molecule has 0 aliphatic heterocycles. The van der Waals surface area contributed by atoms with Crippen LogP contribution in [0.3, 0.4) is 0 Å². The van der Waals surface area contributed by atoms with Crippen LogP contribution in [0.5, 0.6) is 5.75 Å². The van der Waals surface area contributed by atoms with E-state index in [2.05, 4.69) is 15.2 Å². The molecular weight excluding hydrogens is 394 g/mol. The molecule has 152 valence electrons. The fourth-order valence-electron chi connectivity index (χ4n) is 2.53. The Balaban J connectivity index is 1.59. The summed E-state index contributed by atoms with van der Waals surface area (Å²) >= 11 is 0. The van der Waals surface area contributed by atoms with Gasteiger partial charge in [-0.15, -0.1) is 0 Å². The lowest BCUT2D eigenvalue weighted by atomic mass is 10.1. The molecule has 0 aliphatic rings. The Morgan fingerprint density at radius 1 is 1.07 bits per heavy atom. The van der Waals surface area contributed by atoms with E-state index in [0.29, 0.717) is 17.2 Å². The van der Waals surface area contributed by atoms with E-state index in [4.69, 9.17) is 9.26 Å². The van der Waals surface area contributed by atoms with E-state index in [1.807, 2.05) is 32.0 Å². The van der Waals surface area contributed by atoms with Crippen LogP contribution < -0.4 is 14.8 Å². The second-order valence-electron chi connectivity index (χ2n) is 6.56. The molecule has 0 saturated carbocycles. The average Bonchev–Trinajstić information content (AvgIpc) is 3.07. The van der Waals surface area contributed by atoms with Crippen molar-refractivity contribution in [1.82, 2.24) is 5.16 Å². The summed E-state index contributed by atoms with van der Waals surface area (Å²) < 4.78 is 37.5. The van der Waals surface area contributed by atoms with Crippen molar-refractivity contribution in [2.75, 3.05) is 16.6 Å². The topological polar surface area (TPSA) is 111 Å². The maximum Gasteiger partial charge on any atom is 0.263 e. The highest BCUT2D eigenvalue weighted by Crippen LogP contribution is 2.20. The number of nitrogens with one attached hydrogen (secondary N) is 2. The summed E-state index contributed by atoms with van der Waals surface area (Å²) in [6.45, 7) is 5.35. The van der Waals surface area contributed by atoms with Gasteiger partial charge in [-0.05, 0) is 62.2 Å². The number of carbonyl (C=O) groups is 1. The molecule has 3 aromatic rings. The van der Waals surface area contributed by atoms with Crippen molar-refractivity contribution in [3.05, 3.63) is 65.4 Å². The van der Waals surface area contributed by atoms with Crippen molar-refractivity contribution in [3.63, 3.8) is 0 Å². The number of ether oxygens (including phenoxy) is 1. The van der Waals surface area contributed by atoms with Gasteiger partial charge in [0, 0.05) is 11.8 Å². The highest BCUT2D eigenvalue weighted by atomic mass is 32.2. The monoisotopic (exact) mass is 415 g/mol. The van der Waals surface area contributed by atoms with Crippen molar-refractivity contribution < 1.29 is 22.5 Å². The first-order valence-corrected chi connectivity index (χ1v) is 10.3. The van der Waals surface area contributed by atoms with Gasteiger partial charge in [0.2, 0.25) is 0 Å². The van der Waals surface area contributed by atoms with E-state index < -0.39 is 10.0 Å². The first kappa shape index (κ1) is 20.4. The van der Waals surface area contributed by atoms with Gasteiger partial charge in [0.25, 0.3) is 15.9 Å². The summed E-state index contributed by atoms with van der Waals surface area (Å²) in [4.78, 5) is 12.2. The normalized spacial score (nSPS) is 11.1. The van der Waals surface area contributed by atoms with Crippen LogP contribution in [0.2, 0.25) is 0 Å². The molecule has 2 N–H and O–H groups in total. The molecule has 29 heavy (non-hydrogen) atoms. The number of benzene rings is 2. The van der Waals surface area contributed by atoms with Crippen LogP contribution in [-0.2, 0) is 14.8 Å². The summed E-state index contributed by atoms with van der Waals surface area (Å²) in [6.07, 6.45) is 0. The molecule has 0 radical (unpaired) electrons. The minimum atomic E-state index is -3.81. The molecule has 1 heterocycles. The van der Waals surface area contributed by atoms with Crippen LogP contribution in [0.15, 0.2) is 57.9 Å². The summed E-state index contributed by atoms with van der Waals surface area (Å²) in [5, 5.41) is 6.28. The largest absolute Gasteiger partial charge is 0.483 e. The Kier molecular flexibility index (Phi) is 5.88. The van der Waals surface area contributed by atoms with Gasteiger partial charge in [-0.1, -0.05) is 17.3 Å². The molecule has 1 amide bonds. The number of aryl methyl sites for hydroxylation is 3. The van der Waals surface area contributed by atoms with Crippen LogP contribution in [0.25, 0.3) is 0 Å². The first-order valence-electron chi connectivity index (χ1n) is 8.79. The number of anilines is 2. The van der Waals surface area contributed by atoms with Crippen LogP contribution in [0, 0.1) is 20.8 Å². The maximum absolute atomic E-state index is 12.4. The van der Waals surface area contributed by atoms with Gasteiger partial charge < -0.3 is 14.6 Å². The van der Waals surface area contributed by atoms with Gasteiger partial charge in [0.15, 0.2) is 12.4 Å². The predicted molar refractivity (Wildman–Crippen MR) is 109 cm³/mol. The Morgan fingerprint density at radius 2 is 1.79 bits per heavy atom. The van der Waals surface area contributed by atoms with E-state index in [0.717, 1.165) is 11.1 Å². The van der Waals surface area contributed by atoms with Crippen LogP contribution in [0.4, 0.5) is 11.5 Å². The van der Waals surface area contributed by atoms with Crippen LogP contribution in [0.1, 0.15) is 16.9 Å². The standard InChI is InChI=1S/C20H21N3O5S/c1-13-4-5-14(2)18(10-13)27-12-20(24)21-16-6-8-17(9-7-16)29(25,26)23-19-11-15(3)28-22-19/h4-11H,12H2,1-3H3,(H,21,24)(H,22,23). The highest BCUT2D eigenvalue weighted by molar-refractivity contribution is 7.92. The second-order valence-corrected chi connectivity index (χ2v) is 8.24. The molecule has 2 aromatic carbocycles. The van der Waals surface area contributed by atoms with E-state index >= 15 is 0 Å². The number of aromatic nitrogens is 1. The quantitative estimate of drug-likeness (QED) is 0.612. The molecule has 0 aliphatic carbocycles. The highest BCUT2D eigenvalue weighted by Gasteiger charge is 2.16. The Labute approximate surface area is 168 Å². The molecule has 0 unspecified atom stereocenters. The minimum Gasteiger partial charge on any atom is -0.483 e. The maximum atomic E-state index is 12.4. The number of rotatable bonds is 7. The van der Waals surface area contributed by atoms with Crippen molar-refractivity contribution in [1.29, 1.82) is 0 Å². The third-order valence-corrected chi connectivity index (χ3v) is 5.39. The van der Waals surface area contributed by atoms with Crippen LogP contribution in [-0.4, -0.2) is 26.1 Å². The third-order valence-electron chi connectivity index (χ3n) is 4.02. The molecular formula is C20H21N3O5S. The number of carbonyl (C=O) groups excluding carboxylic acids is 1. The van der Waals surface area contributed by atoms with Crippen molar-refractivity contribution >= 4 is 27.4 Å². The predicted octanol–water partition coefficient (Wildman–Crippen LogP) is 3.42. The smallest absolute Gasteiger partial charge is 0.263 e. The summed E-state index contributed by atoms with van der Waals surface area (Å²) in [6, 6.07) is 13.0. The lowest BCUT2D eigenvalue weighted by Gasteiger charge is -2.11. The fourth-order valence-corrected chi connectivity index (χ4v) is 3.52. The molecule has 0 spiro atoms. The van der Waals surface area contributed by atoms with Gasteiger partial charge in [-0.25, -0.2) is 8.42 Å². The zero-order chi connectivity index (χ0) is 21.0. The number of sulfonamides is 1. The van der Waals surface area contributed by atoms with Crippen molar-refractivity contribution in [2.45, 2.75) is 25.7 Å². The fraction of sp³-hybridized carbons (Fsp3) is 0.200. The molecule has 3 rings (SSSR count). The number of hydrogen-bond acceptors (Lipinski definition) is 6. The third kappa shape index (κ3) is 5.35. The Bertz CT molecular complexity index is 1120. The molecule has 0 saturated heterocycles. The number of nitrogens with zero attached hydrogens (tertiary/aromatic N) is 1. The lowest BCUT2D eigenvalue weighted by molar-refractivity contribution is -0.118. The van der Waals surface area contributed by atoms with Gasteiger partial charge in [-0.3, -0.25) is 9.52 Å². The van der Waals surface area contributed by atoms with E-state index in [1.54, 1.807) is 6.92 Å². The molecule has 0 atom stereocenters. The van der Waals surface area contributed by atoms with Gasteiger partial charge >= 0.3 is 0 Å². The number of hydrogen-bond donors (Lipinski definition) is 2. The van der Waals surface area contributed by atoms with Crippen LogP contribution >= 0.6 is 0 Å². The van der Waals surface area contributed by atoms with Crippen molar-refractivity contribution in [3.8, 4) is 5.75 Å². The zero-order valence-corrected chi connectivity index (χ0v) is 17.0. The molecule has 9 heteroatoms. The molecule has 0 bridgehead atoms. The lowest BCUT2D eigenvalue weighted by Crippen LogP contribution is -2.20. The Morgan fingerprint density at radius 3 is 2.45 bits per heavy atom. The van der Waals surface area contributed by atoms with E-state index in [9.17, 15) is 13.2 Å². The Hall–Kier alpha value is -3.33. The average molecular weight is 415 g/mol. The minimum absolute atomic E-state index is 0.0304. The van der Waals surface area contributed by atoms with E-state index in [-0.39, 0.29) is 23.2 Å². The van der Waals surface area contributed by atoms with Gasteiger partial charge in [-0.2, -0.15) is 0 Å². The number of amides is 1. The first-order chi connectivity index (χ1) is 13.7. The second kappa shape index (κ2) is 8.36. The zero-order valence-electron chi connectivity index (χ0n) is 16.2. The summed E-state index contributed by atoms with van der Waals surface area (Å²) in [5.74, 6) is 0.890.